The quantitative estimate of drug-likeness (QED) is 0.876. The summed E-state index contributed by atoms with van der Waals surface area (Å²) in [6.45, 7) is 3.29. The lowest BCUT2D eigenvalue weighted by Gasteiger charge is -2.22. The molecule has 18 heavy (non-hydrogen) atoms. The standard InChI is InChI=1S/C14H18N2O.ClH/c1-3-12-14-10(6-7-15-12)11-8-9(17-2)4-5-13(11)16-14;/h4-5,8,12,15-16H,3,6-7H2,1-2H3;1H. The van der Waals surface area contributed by atoms with Crippen LogP contribution in [0.1, 0.15) is 30.6 Å². The highest BCUT2D eigenvalue weighted by Gasteiger charge is 2.22. The van der Waals surface area contributed by atoms with E-state index in [0.717, 1.165) is 25.1 Å². The van der Waals surface area contributed by atoms with Crippen LogP contribution in [0.25, 0.3) is 10.9 Å². The van der Waals surface area contributed by atoms with Gasteiger partial charge in [0.05, 0.1) is 7.11 Å². The highest BCUT2D eigenvalue weighted by molar-refractivity contribution is 5.86. The van der Waals surface area contributed by atoms with Gasteiger partial charge in [0.15, 0.2) is 0 Å². The first-order valence-corrected chi connectivity index (χ1v) is 6.25. The van der Waals surface area contributed by atoms with Crippen molar-refractivity contribution in [2.24, 2.45) is 0 Å². The molecule has 0 spiro atoms. The molecule has 0 aliphatic carbocycles. The van der Waals surface area contributed by atoms with E-state index in [1.165, 1.54) is 22.2 Å². The lowest BCUT2D eigenvalue weighted by atomic mass is 9.98. The molecule has 2 N–H and O–H groups in total. The minimum absolute atomic E-state index is 0. The maximum atomic E-state index is 5.31. The molecule has 1 aliphatic rings. The summed E-state index contributed by atoms with van der Waals surface area (Å²) in [5.41, 5.74) is 4.05. The van der Waals surface area contributed by atoms with Crippen molar-refractivity contribution in [2.45, 2.75) is 25.8 Å². The number of aromatic amines is 1. The van der Waals surface area contributed by atoms with Gasteiger partial charge in [-0.05, 0) is 43.1 Å². The van der Waals surface area contributed by atoms with Crippen molar-refractivity contribution in [1.29, 1.82) is 0 Å². The minimum atomic E-state index is 0. The molecular formula is C14H19ClN2O. The molecule has 4 heteroatoms. The summed E-state index contributed by atoms with van der Waals surface area (Å²) in [6, 6.07) is 6.73. The van der Waals surface area contributed by atoms with Crippen molar-refractivity contribution in [3.05, 3.63) is 29.5 Å². The van der Waals surface area contributed by atoms with Crippen molar-refractivity contribution in [2.75, 3.05) is 13.7 Å². The highest BCUT2D eigenvalue weighted by atomic mass is 35.5. The van der Waals surface area contributed by atoms with Crippen LogP contribution < -0.4 is 10.1 Å². The number of halogens is 1. The summed E-state index contributed by atoms with van der Waals surface area (Å²) >= 11 is 0. The SMILES string of the molecule is CCC1NCCc2c1[nH]c1ccc(OC)cc21.Cl. The molecule has 0 fully saturated rings. The van der Waals surface area contributed by atoms with Crippen molar-refractivity contribution >= 4 is 23.3 Å². The van der Waals surface area contributed by atoms with Crippen LogP contribution in [0.4, 0.5) is 0 Å². The molecule has 1 aromatic carbocycles. The molecule has 1 atom stereocenters. The van der Waals surface area contributed by atoms with Crippen LogP contribution in [0.3, 0.4) is 0 Å². The van der Waals surface area contributed by atoms with Gasteiger partial charge in [0.2, 0.25) is 0 Å². The van der Waals surface area contributed by atoms with Gasteiger partial charge in [-0.3, -0.25) is 0 Å². The first-order chi connectivity index (χ1) is 8.33. The van der Waals surface area contributed by atoms with E-state index in [4.69, 9.17) is 4.74 Å². The second kappa shape index (κ2) is 5.21. The maximum Gasteiger partial charge on any atom is 0.119 e. The van der Waals surface area contributed by atoms with E-state index in [9.17, 15) is 0 Å². The van der Waals surface area contributed by atoms with E-state index in [2.05, 4.69) is 29.4 Å². The predicted molar refractivity (Wildman–Crippen MR) is 76.8 cm³/mol. The molecule has 98 valence electrons. The average Bonchev–Trinajstić information content (AvgIpc) is 2.76. The number of methoxy groups -OCH3 is 1. The fraction of sp³-hybridized carbons (Fsp3) is 0.429. The number of hydrogen-bond donors (Lipinski definition) is 2. The zero-order chi connectivity index (χ0) is 11.8. The number of H-pyrrole nitrogens is 1. The van der Waals surface area contributed by atoms with Crippen LogP contribution in [0.2, 0.25) is 0 Å². The van der Waals surface area contributed by atoms with E-state index in [-0.39, 0.29) is 12.4 Å². The number of benzene rings is 1. The first kappa shape index (κ1) is 13.2. The molecule has 2 aromatic rings. The van der Waals surface area contributed by atoms with E-state index in [0.29, 0.717) is 6.04 Å². The summed E-state index contributed by atoms with van der Waals surface area (Å²) in [6.07, 6.45) is 2.22. The van der Waals surface area contributed by atoms with Crippen molar-refractivity contribution in [3.63, 3.8) is 0 Å². The molecule has 2 heterocycles. The Morgan fingerprint density at radius 2 is 2.22 bits per heavy atom. The number of ether oxygens (including phenoxy) is 1. The van der Waals surface area contributed by atoms with Crippen LogP contribution >= 0.6 is 12.4 Å². The fourth-order valence-corrected chi connectivity index (χ4v) is 2.76. The van der Waals surface area contributed by atoms with Crippen molar-refractivity contribution in [3.8, 4) is 5.75 Å². The van der Waals surface area contributed by atoms with Crippen LogP contribution in [-0.2, 0) is 6.42 Å². The van der Waals surface area contributed by atoms with Gasteiger partial charge in [0.1, 0.15) is 5.75 Å². The first-order valence-electron chi connectivity index (χ1n) is 6.25. The monoisotopic (exact) mass is 266 g/mol. The second-order valence-corrected chi connectivity index (χ2v) is 4.59. The lowest BCUT2D eigenvalue weighted by Crippen LogP contribution is -2.29. The molecule has 0 radical (unpaired) electrons. The Kier molecular flexibility index (Phi) is 3.83. The molecule has 1 aromatic heterocycles. The molecule has 0 saturated heterocycles. The minimum Gasteiger partial charge on any atom is -0.497 e. The number of fused-ring (bicyclic) bond motifs is 3. The van der Waals surface area contributed by atoms with Crippen molar-refractivity contribution in [1.82, 2.24) is 10.3 Å². The van der Waals surface area contributed by atoms with Gasteiger partial charge in [-0.15, -0.1) is 12.4 Å². The highest BCUT2D eigenvalue weighted by Crippen LogP contribution is 2.33. The zero-order valence-corrected chi connectivity index (χ0v) is 11.6. The summed E-state index contributed by atoms with van der Waals surface area (Å²) in [5.74, 6) is 0.936. The Labute approximate surface area is 113 Å². The third-order valence-corrected chi connectivity index (χ3v) is 3.67. The Hall–Kier alpha value is -1.19. The molecule has 0 bridgehead atoms. The van der Waals surface area contributed by atoms with Crippen LogP contribution in [0.5, 0.6) is 5.75 Å². The van der Waals surface area contributed by atoms with Crippen LogP contribution in [0, 0.1) is 0 Å². The average molecular weight is 267 g/mol. The maximum absolute atomic E-state index is 5.31. The number of nitrogens with one attached hydrogen (secondary N) is 2. The zero-order valence-electron chi connectivity index (χ0n) is 10.7. The number of rotatable bonds is 2. The third-order valence-electron chi connectivity index (χ3n) is 3.67. The van der Waals surface area contributed by atoms with Crippen molar-refractivity contribution < 1.29 is 4.74 Å². The topological polar surface area (TPSA) is 37.0 Å². The van der Waals surface area contributed by atoms with Gasteiger partial charge < -0.3 is 15.0 Å². The lowest BCUT2D eigenvalue weighted by molar-refractivity contribution is 0.415. The Morgan fingerprint density at radius 3 is 2.94 bits per heavy atom. The van der Waals surface area contributed by atoms with Gasteiger partial charge in [-0.2, -0.15) is 0 Å². The molecule has 1 aliphatic heterocycles. The smallest absolute Gasteiger partial charge is 0.119 e. The Morgan fingerprint density at radius 1 is 1.39 bits per heavy atom. The molecule has 0 saturated carbocycles. The van der Waals surface area contributed by atoms with E-state index < -0.39 is 0 Å². The predicted octanol–water partition coefficient (Wildman–Crippen LogP) is 3.20. The Bertz CT molecular complexity index is 550. The van der Waals surface area contributed by atoms with Gasteiger partial charge in [0.25, 0.3) is 0 Å². The van der Waals surface area contributed by atoms with Gasteiger partial charge in [0, 0.05) is 22.6 Å². The second-order valence-electron chi connectivity index (χ2n) is 4.59. The van der Waals surface area contributed by atoms with E-state index in [1.54, 1.807) is 7.11 Å². The molecule has 3 nitrogen and oxygen atoms in total. The number of hydrogen-bond acceptors (Lipinski definition) is 2. The molecular weight excluding hydrogens is 248 g/mol. The molecule has 1 unspecified atom stereocenters. The number of aromatic nitrogens is 1. The molecule has 0 amide bonds. The van der Waals surface area contributed by atoms with Gasteiger partial charge >= 0.3 is 0 Å². The van der Waals surface area contributed by atoms with Crippen LogP contribution in [-0.4, -0.2) is 18.6 Å². The summed E-state index contributed by atoms with van der Waals surface area (Å²) < 4.78 is 5.31. The fourth-order valence-electron chi connectivity index (χ4n) is 2.76. The van der Waals surface area contributed by atoms with Gasteiger partial charge in [-0.25, -0.2) is 0 Å². The largest absolute Gasteiger partial charge is 0.497 e. The summed E-state index contributed by atoms with van der Waals surface area (Å²) in [5, 5.41) is 4.87. The normalized spacial score (nSPS) is 18.2. The van der Waals surface area contributed by atoms with E-state index >= 15 is 0 Å². The van der Waals surface area contributed by atoms with Crippen LogP contribution in [0.15, 0.2) is 18.2 Å². The Balaban J connectivity index is 0.00000120. The third kappa shape index (κ3) is 1.98. The molecule has 3 rings (SSSR count). The van der Waals surface area contributed by atoms with Gasteiger partial charge in [-0.1, -0.05) is 6.92 Å². The van der Waals surface area contributed by atoms with E-state index in [1.807, 2.05) is 6.07 Å². The summed E-state index contributed by atoms with van der Waals surface area (Å²) in [4.78, 5) is 3.55. The summed E-state index contributed by atoms with van der Waals surface area (Å²) in [7, 11) is 1.72.